The lowest BCUT2D eigenvalue weighted by Crippen LogP contribution is -2.40. The summed E-state index contributed by atoms with van der Waals surface area (Å²) >= 11 is 0. The van der Waals surface area contributed by atoms with E-state index in [9.17, 15) is 13.2 Å². The molecule has 0 spiro atoms. The number of fused-ring (bicyclic) bond motifs is 1. The van der Waals surface area contributed by atoms with Gasteiger partial charge in [0, 0.05) is 6.54 Å². The second kappa shape index (κ2) is 9.08. The van der Waals surface area contributed by atoms with Crippen LogP contribution in [-0.4, -0.2) is 24.7 Å². The second-order valence-corrected chi connectivity index (χ2v) is 4.56. The lowest BCUT2D eigenvalue weighted by Gasteiger charge is -2.36. The lowest BCUT2D eigenvalue weighted by atomic mass is 9.90. The summed E-state index contributed by atoms with van der Waals surface area (Å²) in [6, 6.07) is 4.04. The number of halogens is 3. The van der Waals surface area contributed by atoms with Crippen LogP contribution in [-0.2, 0) is 12.8 Å². The molecule has 4 heteroatoms. The molecule has 0 bridgehead atoms. The van der Waals surface area contributed by atoms with Crippen molar-refractivity contribution < 1.29 is 13.2 Å². The van der Waals surface area contributed by atoms with Gasteiger partial charge < -0.3 is 0 Å². The van der Waals surface area contributed by atoms with Crippen LogP contribution >= 0.6 is 0 Å². The first-order valence-corrected chi connectivity index (χ1v) is 7.82. The van der Waals surface area contributed by atoms with Crippen molar-refractivity contribution in [1.82, 2.24) is 4.90 Å². The van der Waals surface area contributed by atoms with Crippen molar-refractivity contribution in [2.45, 2.75) is 59.7 Å². The standard InChI is InChI=1S/C13H16F3N.2C2H6/c1-3-9-4-5-10-6-7-17(2)12(11(10)8-9)13(14,15)16;2*1-2/h4-5,8,12H,3,6-7H2,1-2H3;2*1-2H3. The highest BCUT2D eigenvalue weighted by molar-refractivity contribution is 5.37. The third-order valence-corrected chi connectivity index (χ3v) is 3.40. The van der Waals surface area contributed by atoms with Gasteiger partial charge in [-0.15, -0.1) is 0 Å². The third kappa shape index (κ3) is 5.03. The zero-order valence-corrected chi connectivity index (χ0v) is 14.0. The van der Waals surface area contributed by atoms with E-state index < -0.39 is 12.2 Å². The average Bonchev–Trinajstić information content (AvgIpc) is 2.49. The molecule has 1 aromatic carbocycles. The monoisotopic (exact) mass is 303 g/mol. The molecule has 1 aliphatic rings. The van der Waals surface area contributed by atoms with Crippen LogP contribution < -0.4 is 0 Å². The maximum atomic E-state index is 13.1. The highest BCUT2D eigenvalue weighted by atomic mass is 19.4. The average molecular weight is 303 g/mol. The van der Waals surface area contributed by atoms with E-state index in [1.54, 1.807) is 13.1 Å². The molecular formula is C17H28F3N. The lowest BCUT2D eigenvalue weighted by molar-refractivity contribution is -0.185. The predicted molar refractivity (Wildman–Crippen MR) is 83.6 cm³/mol. The molecule has 1 unspecified atom stereocenters. The van der Waals surface area contributed by atoms with Gasteiger partial charge in [0.15, 0.2) is 0 Å². The van der Waals surface area contributed by atoms with Crippen molar-refractivity contribution in [3.8, 4) is 0 Å². The second-order valence-electron chi connectivity index (χ2n) is 4.56. The third-order valence-electron chi connectivity index (χ3n) is 3.40. The van der Waals surface area contributed by atoms with Crippen LogP contribution in [0.3, 0.4) is 0 Å². The van der Waals surface area contributed by atoms with Crippen LogP contribution in [0.25, 0.3) is 0 Å². The van der Waals surface area contributed by atoms with E-state index in [-0.39, 0.29) is 0 Å². The molecule has 0 N–H and O–H groups in total. The maximum Gasteiger partial charge on any atom is 0.408 e. The minimum absolute atomic E-state index is 0.436. The summed E-state index contributed by atoms with van der Waals surface area (Å²) in [6.45, 7) is 10.4. The number of benzene rings is 1. The highest BCUT2D eigenvalue weighted by Gasteiger charge is 2.45. The molecule has 122 valence electrons. The van der Waals surface area contributed by atoms with E-state index in [1.165, 1.54) is 4.90 Å². The molecule has 0 saturated carbocycles. The van der Waals surface area contributed by atoms with Crippen LogP contribution in [0, 0.1) is 0 Å². The Balaban J connectivity index is 0.000000921. The highest BCUT2D eigenvalue weighted by Crippen LogP contribution is 2.41. The number of likely N-dealkylation sites (N-methyl/N-ethyl adjacent to an activating group) is 1. The molecule has 2 rings (SSSR count). The Labute approximate surface area is 127 Å². The van der Waals surface area contributed by atoms with Gasteiger partial charge in [-0.1, -0.05) is 52.8 Å². The van der Waals surface area contributed by atoms with Gasteiger partial charge in [0.05, 0.1) is 0 Å². The molecule has 0 amide bonds. The summed E-state index contributed by atoms with van der Waals surface area (Å²) in [5.41, 5.74) is 2.24. The van der Waals surface area contributed by atoms with Crippen LogP contribution in [0.4, 0.5) is 13.2 Å². The van der Waals surface area contributed by atoms with Crippen molar-refractivity contribution in [3.63, 3.8) is 0 Å². The number of nitrogens with zero attached hydrogens (tertiary/aromatic N) is 1. The zero-order chi connectivity index (χ0) is 16.6. The molecule has 1 heterocycles. The molecule has 0 aromatic heterocycles. The van der Waals surface area contributed by atoms with Gasteiger partial charge in [-0.25, -0.2) is 0 Å². The molecule has 0 saturated heterocycles. The van der Waals surface area contributed by atoms with E-state index >= 15 is 0 Å². The van der Waals surface area contributed by atoms with Gasteiger partial charge in [0.25, 0.3) is 0 Å². The largest absolute Gasteiger partial charge is 0.408 e. The summed E-state index contributed by atoms with van der Waals surface area (Å²) in [4.78, 5) is 1.39. The van der Waals surface area contributed by atoms with Gasteiger partial charge in [-0.3, -0.25) is 4.90 Å². The quantitative estimate of drug-likeness (QED) is 0.672. The van der Waals surface area contributed by atoms with E-state index in [0.29, 0.717) is 18.5 Å². The Morgan fingerprint density at radius 2 is 1.71 bits per heavy atom. The van der Waals surface area contributed by atoms with Crippen LogP contribution in [0.5, 0.6) is 0 Å². The zero-order valence-electron chi connectivity index (χ0n) is 14.0. The first-order valence-electron chi connectivity index (χ1n) is 7.82. The summed E-state index contributed by atoms with van der Waals surface area (Å²) in [5.74, 6) is 0. The Bertz CT molecular complexity index is 413. The topological polar surface area (TPSA) is 3.24 Å². The van der Waals surface area contributed by atoms with Gasteiger partial charge in [-0.2, -0.15) is 13.2 Å². The molecular weight excluding hydrogens is 275 g/mol. The Morgan fingerprint density at radius 1 is 1.14 bits per heavy atom. The van der Waals surface area contributed by atoms with Crippen molar-refractivity contribution in [1.29, 1.82) is 0 Å². The smallest absolute Gasteiger partial charge is 0.291 e. The van der Waals surface area contributed by atoms with Crippen molar-refractivity contribution in [2.75, 3.05) is 13.6 Å². The Morgan fingerprint density at radius 3 is 2.19 bits per heavy atom. The van der Waals surface area contributed by atoms with Gasteiger partial charge >= 0.3 is 6.18 Å². The molecule has 1 aliphatic heterocycles. The predicted octanol–water partition coefficient (Wildman–Crippen LogP) is 5.39. The Kier molecular flexibility index (Phi) is 8.64. The molecule has 0 radical (unpaired) electrons. The van der Waals surface area contributed by atoms with E-state index in [2.05, 4.69) is 0 Å². The first-order chi connectivity index (χ1) is 9.93. The molecule has 21 heavy (non-hydrogen) atoms. The fourth-order valence-corrected chi connectivity index (χ4v) is 2.44. The number of hydrogen-bond donors (Lipinski definition) is 0. The number of rotatable bonds is 1. The molecule has 0 fully saturated rings. The van der Waals surface area contributed by atoms with Crippen molar-refractivity contribution in [2.24, 2.45) is 0 Å². The van der Waals surface area contributed by atoms with Crippen LogP contribution in [0.2, 0.25) is 0 Å². The fraction of sp³-hybridized carbons (Fsp3) is 0.647. The number of aryl methyl sites for hydroxylation is 1. The van der Waals surface area contributed by atoms with Gasteiger partial charge in [0.2, 0.25) is 0 Å². The fourth-order valence-electron chi connectivity index (χ4n) is 2.44. The SMILES string of the molecule is CC.CC.CCc1ccc2c(c1)C(C(F)(F)F)N(C)CC2. The Hall–Kier alpha value is -1.03. The van der Waals surface area contributed by atoms with Crippen molar-refractivity contribution in [3.05, 3.63) is 34.9 Å². The van der Waals surface area contributed by atoms with E-state index in [0.717, 1.165) is 17.5 Å². The van der Waals surface area contributed by atoms with Gasteiger partial charge in [0.1, 0.15) is 6.04 Å². The molecule has 0 aliphatic carbocycles. The molecule has 1 atom stereocenters. The normalized spacial score (nSPS) is 17.9. The van der Waals surface area contributed by atoms with Crippen molar-refractivity contribution >= 4 is 0 Å². The summed E-state index contributed by atoms with van der Waals surface area (Å²) < 4.78 is 39.2. The molecule has 1 aromatic rings. The number of hydrogen-bond acceptors (Lipinski definition) is 1. The number of alkyl halides is 3. The summed E-state index contributed by atoms with van der Waals surface area (Å²) in [6.07, 6.45) is -2.74. The summed E-state index contributed by atoms with van der Waals surface area (Å²) in [5, 5.41) is 0. The minimum atomic E-state index is -4.20. The van der Waals surface area contributed by atoms with E-state index in [4.69, 9.17) is 0 Å². The maximum absolute atomic E-state index is 13.1. The van der Waals surface area contributed by atoms with Crippen LogP contribution in [0.15, 0.2) is 18.2 Å². The minimum Gasteiger partial charge on any atom is -0.291 e. The first kappa shape index (κ1) is 20.0. The molecule has 1 nitrogen and oxygen atoms in total. The van der Waals surface area contributed by atoms with E-state index in [1.807, 2.05) is 46.8 Å². The van der Waals surface area contributed by atoms with Gasteiger partial charge in [-0.05, 0) is 36.6 Å². The van der Waals surface area contributed by atoms with Crippen LogP contribution in [0.1, 0.15) is 57.4 Å². The summed E-state index contributed by atoms with van der Waals surface area (Å²) in [7, 11) is 1.54.